The molecule has 0 N–H and O–H groups in total. The van der Waals surface area contributed by atoms with E-state index in [0.717, 1.165) is 23.7 Å². The van der Waals surface area contributed by atoms with Crippen LogP contribution in [0, 0.1) is 0 Å². The van der Waals surface area contributed by atoms with E-state index in [4.69, 9.17) is 11.6 Å². The standard InChI is InChI=1S/C14H17BrClNO/c15-13-5-2-1-4-11(13)10-17(12-7-8-12)14(18)6-3-9-16/h1-2,4-5,12H,3,6-10H2. The summed E-state index contributed by atoms with van der Waals surface area (Å²) in [7, 11) is 0. The van der Waals surface area contributed by atoms with Crippen molar-refractivity contribution in [1.82, 2.24) is 4.90 Å². The number of alkyl halides is 1. The zero-order valence-electron chi connectivity index (χ0n) is 10.2. The molecule has 1 amide bonds. The Kier molecular flexibility index (Phi) is 5.07. The molecule has 0 saturated heterocycles. The van der Waals surface area contributed by atoms with Gasteiger partial charge in [0.05, 0.1) is 0 Å². The van der Waals surface area contributed by atoms with Gasteiger partial charge in [-0.25, -0.2) is 0 Å². The Labute approximate surface area is 121 Å². The molecule has 1 aliphatic rings. The Balaban J connectivity index is 2.02. The molecule has 1 aliphatic carbocycles. The van der Waals surface area contributed by atoms with E-state index in [1.54, 1.807) is 0 Å². The molecule has 98 valence electrons. The highest BCUT2D eigenvalue weighted by molar-refractivity contribution is 9.10. The fraction of sp³-hybridized carbons (Fsp3) is 0.500. The maximum atomic E-state index is 12.2. The average molecular weight is 331 g/mol. The van der Waals surface area contributed by atoms with Crippen LogP contribution in [0.4, 0.5) is 0 Å². The highest BCUT2D eigenvalue weighted by atomic mass is 79.9. The molecular weight excluding hydrogens is 314 g/mol. The van der Waals surface area contributed by atoms with Crippen LogP contribution < -0.4 is 0 Å². The third kappa shape index (κ3) is 3.72. The van der Waals surface area contributed by atoms with Crippen LogP contribution in [0.25, 0.3) is 0 Å². The Bertz CT molecular complexity index is 420. The predicted molar refractivity (Wildman–Crippen MR) is 77.7 cm³/mol. The van der Waals surface area contributed by atoms with E-state index in [-0.39, 0.29) is 5.91 Å². The average Bonchev–Trinajstić information content (AvgIpc) is 3.19. The number of halogens is 2. The summed E-state index contributed by atoms with van der Waals surface area (Å²) in [5, 5.41) is 0. The maximum absolute atomic E-state index is 12.2. The molecule has 0 aromatic heterocycles. The fourth-order valence-corrected chi connectivity index (χ4v) is 2.52. The molecule has 1 fully saturated rings. The van der Waals surface area contributed by atoms with Crippen molar-refractivity contribution < 1.29 is 4.79 Å². The van der Waals surface area contributed by atoms with Crippen LogP contribution in [-0.2, 0) is 11.3 Å². The van der Waals surface area contributed by atoms with Gasteiger partial charge in [-0.1, -0.05) is 34.1 Å². The Hall–Kier alpha value is -0.540. The number of nitrogens with zero attached hydrogens (tertiary/aromatic N) is 1. The highest BCUT2D eigenvalue weighted by Gasteiger charge is 2.32. The minimum atomic E-state index is 0.230. The molecular formula is C14H17BrClNO. The third-order valence-electron chi connectivity index (χ3n) is 3.13. The second-order valence-electron chi connectivity index (χ2n) is 4.64. The van der Waals surface area contributed by atoms with Crippen molar-refractivity contribution in [3.05, 3.63) is 34.3 Å². The number of hydrogen-bond acceptors (Lipinski definition) is 1. The van der Waals surface area contributed by atoms with E-state index in [2.05, 4.69) is 22.0 Å². The summed E-state index contributed by atoms with van der Waals surface area (Å²) in [5.74, 6) is 0.785. The summed E-state index contributed by atoms with van der Waals surface area (Å²) in [5.41, 5.74) is 1.17. The fourth-order valence-electron chi connectivity index (χ4n) is 1.98. The van der Waals surface area contributed by atoms with Gasteiger partial charge in [0.2, 0.25) is 5.91 Å². The van der Waals surface area contributed by atoms with Crippen LogP contribution in [0.1, 0.15) is 31.2 Å². The molecule has 0 aliphatic heterocycles. The molecule has 1 aromatic carbocycles. The highest BCUT2D eigenvalue weighted by Crippen LogP contribution is 2.30. The van der Waals surface area contributed by atoms with Crippen molar-refractivity contribution in [2.24, 2.45) is 0 Å². The van der Waals surface area contributed by atoms with Crippen LogP contribution in [0.2, 0.25) is 0 Å². The zero-order chi connectivity index (χ0) is 13.0. The van der Waals surface area contributed by atoms with Gasteiger partial charge in [-0.05, 0) is 30.9 Å². The van der Waals surface area contributed by atoms with Crippen LogP contribution in [0.5, 0.6) is 0 Å². The lowest BCUT2D eigenvalue weighted by molar-refractivity contribution is -0.132. The maximum Gasteiger partial charge on any atom is 0.223 e. The van der Waals surface area contributed by atoms with Crippen molar-refractivity contribution in [3.63, 3.8) is 0 Å². The van der Waals surface area contributed by atoms with Gasteiger partial charge in [0, 0.05) is 29.4 Å². The van der Waals surface area contributed by atoms with E-state index in [9.17, 15) is 4.79 Å². The van der Waals surface area contributed by atoms with Crippen molar-refractivity contribution >= 4 is 33.4 Å². The smallest absolute Gasteiger partial charge is 0.223 e. The molecule has 0 heterocycles. The van der Waals surface area contributed by atoms with E-state index in [1.165, 1.54) is 5.56 Å². The van der Waals surface area contributed by atoms with Crippen LogP contribution in [0.3, 0.4) is 0 Å². The van der Waals surface area contributed by atoms with Gasteiger partial charge in [-0.2, -0.15) is 0 Å². The van der Waals surface area contributed by atoms with Gasteiger partial charge in [-0.3, -0.25) is 4.79 Å². The van der Waals surface area contributed by atoms with Crippen LogP contribution >= 0.6 is 27.5 Å². The molecule has 2 rings (SSSR count). The summed E-state index contributed by atoms with van der Waals surface area (Å²) in [6, 6.07) is 8.52. The van der Waals surface area contributed by atoms with E-state index in [0.29, 0.717) is 24.9 Å². The number of amides is 1. The summed E-state index contributed by atoms with van der Waals surface area (Å²) >= 11 is 9.19. The first kappa shape index (κ1) is 13.9. The lowest BCUT2D eigenvalue weighted by Crippen LogP contribution is -2.32. The second kappa shape index (κ2) is 6.58. The largest absolute Gasteiger partial charge is 0.335 e. The van der Waals surface area contributed by atoms with Crippen molar-refractivity contribution in [1.29, 1.82) is 0 Å². The normalized spacial score (nSPS) is 14.6. The quantitative estimate of drug-likeness (QED) is 0.723. The summed E-state index contributed by atoms with van der Waals surface area (Å²) in [6.07, 6.45) is 3.60. The number of carbonyl (C=O) groups excluding carboxylic acids is 1. The first-order valence-corrected chi connectivity index (χ1v) is 7.64. The first-order chi connectivity index (χ1) is 8.72. The lowest BCUT2D eigenvalue weighted by atomic mass is 10.2. The number of rotatable bonds is 6. The molecule has 0 spiro atoms. The number of carbonyl (C=O) groups is 1. The molecule has 1 aromatic rings. The van der Waals surface area contributed by atoms with Gasteiger partial charge >= 0.3 is 0 Å². The number of hydrogen-bond donors (Lipinski definition) is 0. The number of benzene rings is 1. The predicted octanol–water partition coefficient (Wildman–Crippen LogP) is 3.96. The van der Waals surface area contributed by atoms with E-state index in [1.807, 2.05) is 23.1 Å². The molecule has 2 nitrogen and oxygen atoms in total. The molecule has 0 atom stereocenters. The van der Waals surface area contributed by atoms with Gasteiger partial charge in [-0.15, -0.1) is 11.6 Å². The van der Waals surface area contributed by atoms with Crippen LogP contribution in [0.15, 0.2) is 28.7 Å². The lowest BCUT2D eigenvalue weighted by Gasteiger charge is -2.23. The summed E-state index contributed by atoms with van der Waals surface area (Å²) in [6.45, 7) is 0.702. The van der Waals surface area contributed by atoms with Gasteiger partial charge in [0.15, 0.2) is 0 Å². The zero-order valence-corrected chi connectivity index (χ0v) is 12.6. The summed E-state index contributed by atoms with van der Waals surface area (Å²) in [4.78, 5) is 14.2. The van der Waals surface area contributed by atoms with Crippen molar-refractivity contribution in [2.75, 3.05) is 5.88 Å². The minimum absolute atomic E-state index is 0.230. The van der Waals surface area contributed by atoms with E-state index >= 15 is 0 Å². The minimum Gasteiger partial charge on any atom is -0.335 e. The molecule has 0 radical (unpaired) electrons. The molecule has 0 unspecified atom stereocenters. The Morgan fingerprint density at radius 3 is 2.72 bits per heavy atom. The van der Waals surface area contributed by atoms with Gasteiger partial charge in [0.25, 0.3) is 0 Å². The van der Waals surface area contributed by atoms with E-state index < -0.39 is 0 Å². The third-order valence-corrected chi connectivity index (χ3v) is 4.17. The first-order valence-electron chi connectivity index (χ1n) is 6.31. The Morgan fingerprint density at radius 1 is 1.39 bits per heavy atom. The Morgan fingerprint density at radius 2 is 2.11 bits per heavy atom. The molecule has 0 bridgehead atoms. The van der Waals surface area contributed by atoms with Gasteiger partial charge < -0.3 is 4.90 Å². The second-order valence-corrected chi connectivity index (χ2v) is 5.87. The van der Waals surface area contributed by atoms with Crippen molar-refractivity contribution in [2.45, 2.75) is 38.3 Å². The topological polar surface area (TPSA) is 20.3 Å². The molecule has 1 saturated carbocycles. The monoisotopic (exact) mass is 329 g/mol. The van der Waals surface area contributed by atoms with Crippen LogP contribution in [-0.4, -0.2) is 22.7 Å². The SMILES string of the molecule is O=C(CCCCl)N(Cc1ccccc1Br)C1CC1. The summed E-state index contributed by atoms with van der Waals surface area (Å²) < 4.78 is 1.07. The van der Waals surface area contributed by atoms with Gasteiger partial charge in [0.1, 0.15) is 0 Å². The molecule has 18 heavy (non-hydrogen) atoms. The van der Waals surface area contributed by atoms with Crippen molar-refractivity contribution in [3.8, 4) is 0 Å². The molecule has 4 heteroatoms.